The van der Waals surface area contributed by atoms with Crippen LogP contribution in [0.5, 0.6) is 0 Å². The Labute approximate surface area is 90.6 Å². The average molecular weight is 194 g/mol. The van der Waals surface area contributed by atoms with Gasteiger partial charge in [-0.25, -0.2) is 0 Å². The minimum Gasteiger partial charge on any atom is -0.102 e. The molecule has 2 aliphatic carbocycles. The molecule has 0 heterocycles. The molecule has 0 bridgehead atoms. The van der Waals surface area contributed by atoms with Crippen molar-refractivity contribution >= 4 is 5.57 Å². The predicted octanol–water partition coefficient (Wildman–Crippen LogP) is 3.76. The van der Waals surface area contributed by atoms with Crippen molar-refractivity contribution in [1.29, 1.82) is 0 Å². The van der Waals surface area contributed by atoms with Crippen LogP contribution in [0.2, 0.25) is 0 Å². The van der Waals surface area contributed by atoms with Gasteiger partial charge >= 0.3 is 0 Å². The van der Waals surface area contributed by atoms with E-state index in [1.54, 1.807) is 0 Å². The molecule has 0 aliphatic heterocycles. The molecular formula is C15H14. The van der Waals surface area contributed by atoms with Crippen LogP contribution in [0.15, 0.2) is 54.6 Å². The molecule has 1 atom stereocenters. The van der Waals surface area contributed by atoms with Crippen LogP contribution in [0.1, 0.15) is 17.5 Å². The van der Waals surface area contributed by atoms with Gasteiger partial charge in [-0.2, -0.15) is 0 Å². The first-order valence-corrected chi connectivity index (χ1v) is 5.50. The molecule has 3 rings (SSSR count). The SMILES string of the molecule is C=CC1C=C2Cc3ccccc3C2=CC1. The highest BCUT2D eigenvalue weighted by Crippen LogP contribution is 2.40. The van der Waals surface area contributed by atoms with E-state index in [1.807, 2.05) is 6.08 Å². The number of benzene rings is 1. The molecule has 1 aromatic rings. The Kier molecular flexibility index (Phi) is 1.88. The fourth-order valence-electron chi connectivity index (χ4n) is 2.55. The Morgan fingerprint density at radius 3 is 3.00 bits per heavy atom. The Bertz CT molecular complexity index is 475. The first kappa shape index (κ1) is 8.72. The summed E-state index contributed by atoms with van der Waals surface area (Å²) < 4.78 is 0. The third kappa shape index (κ3) is 1.29. The van der Waals surface area contributed by atoms with E-state index in [-0.39, 0.29) is 0 Å². The van der Waals surface area contributed by atoms with Crippen LogP contribution >= 0.6 is 0 Å². The molecule has 0 heteroatoms. The lowest BCUT2D eigenvalue weighted by atomic mass is 9.91. The van der Waals surface area contributed by atoms with Crippen molar-refractivity contribution in [3.05, 3.63) is 65.8 Å². The lowest BCUT2D eigenvalue weighted by Crippen LogP contribution is -1.98. The zero-order valence-electron chi connectivity index (χ0n) is 8.74. The summed E-state index contributed by atoms with van der Waals surface area (Å²) in [7, 11) is 0. The highest BCUT2D eigenvalue weighted by atomic mass is 14.3. The lowest BCUT2D eigenvalue weighted by molar-refractivity contribution is 0.817. The molecule has 2 aliphatic rings. The van der Waals surface area contributed by atoms with Crippen molar-refractivity contribution in [2.24, 2.45) is 5.92 Å². The maximum atomic E-state index is 3.87. The van der Waals surface area contributed by atoms with Gasteiger partial charge in [0.15, 0.2) is 0 Å². The number of hydrogen-bond acceptors (Lipinski definition) is 0. The summed E-state index contributed by atoms with van der Waals surface area (Å²) >= 11 is 0. The third-order valence-electron chi connectivity index (χ3n) is 3.35. The summed E-state index contributed by atoms with van der Waals surface area (Å²) in [6.07, 6.45) is 9.00. The van der Waals surface area contributed by atoms with Gasteiger partial charge in [0, 0.05) is 0 Å². The standard InChI is InChI=1S/C15H14/c1-2-11-7-8-15-13(9-11)10-12-5-3-4-6-14(12)15/h2-6,8-9,11H,1,7,10H2. The van der Waals surface area contributed by atoms with E-state index in [0.717, 1.165) is 12.8 Å². The molecule has 0 aromatic heterocycles. The second-order valence-electron chi connectivity index (χ2n) is 4.28. The smallest absolute Gasteiger partial charge is 0.00152 e. The maximum absolute atomic E-state index is 3.87. The highest BCUT2D eigenvalue weighted by molar-refractivity contribution is 5.86. The maximum Gasteiger partial charge on any atom is -0.00152 e. The Morgan fingerprint density at radius 1 is 1.27 bits per heavy atom. The molecule has 0 saturated carbocycles. The summed E-state index contributed by atoms with van der Waals surface area (Å²) in [6, 6.07) is 8.72. The molecule has 0 radical (unpaired) electrons. The molecule has 1 unspecified atom stereocenters. The van der Waals surface area contributed by atoms with Crippen LogP contribution in [0.3, 0.4) is 0 Å². The molecule has 0 spiro atoms. The fourth-order valence-corrected chi connectivity index (χ4v) is 2.55. The first-order chi connectivity index (χ1) is 7.38. The van der Waals surface area contributed by atoms with Crippen LogP contribution < -0.4 is 0 Å². The largest absolute Gasteiger partial charge is 0.102 e. The van der Waals surface area contributed by atoms with E-state index < -0.39 is 0 Å². The lowest BCUT2D eigenvalue weighted by Gasteiger charge is -2.14. The third-order valence-corrected chi connectivity index (χ3v) is 3.35. The van der Waals surface area contributed by atoms with Gasteiger partial charge in [0.1, 0.15) is 0 Å². The van der Waals surface area contributed by atoms with E-state index in [0.29, 0.717) is 5.92 Å². The zero-order valence-corrected chi connectivity index (χ0v) is 8.74. The number of fused-ring (bicyclic) bond motifs is 3. The monoisotopic (exact) mass is 194 g/mol. The summed E-state index contributed by atoms with van der Waals surface area (Å²) in [6.45, 7) is 3.87. The van der Waals surface area contributed by atoms with Crippen LogP contribution in [0.4, 0.5) is 0 Å². The molecule has 74 valence electrons. The summed E-state index contributed by atoms with van der Waals surface area (Å²) in [5, 5.41) is 0. The Balaban J connectivity index is 2.09. The number of rotatable bonds is 1. The van der Waals surface area contributed by atoms with E-state index in [1.165, 1.54) is 22.3 Å². The van der Waals surface area contributed by atoms with Gasteiger partial charge in [-0.1, -0.05) is 42.5 Å². The van der Waals surface area contributed by atoms with Crippen LogP contribution in [0.25, 0.3) is 5.57 Å². The summed E-state index contributed by atoms with van der Waals surface area (Å²) in [4.78, 5) is 0. The normalized spacial score (nSPS) is 22.5. The first-order valence-electron chi connectivity index (χ1n) is 5.50. The van der Waals surface area contributed by atoms with Gasteiger partial charge in [0.05, 0.1) is 0 Å². The number of hydrogen-bond donors (Lipinski definition) is 0. The van der Waals surface area contributed by atoms with Gasteiger partial charge in [-0.15, -0.1) is 6.58 Å². The van der Waals surface area contributed by atoms with Gasteiger partial charge in [-0.3, -0.25) is 0 Å². The molecule has 0 saturated heterocycles. The van der Waals surface area contributed by atoms with Crippen LogP contribution in [0, 0.1) is 5.92 Å². The summed E-state index contributed by atoms with van der Waals surface area (Å²) in [5.74, 6) is 0.540. The Hall–Kier alpha value is -1.56. The van der Waals surface area contributed by atoms with Crippen molar-refractivity contribution in [1.82, 2.24) is 0 Å². The van der Waals surface area contributed by atoms with Crippen molar-refractivity contribution < 1.29 is 0 Å². The van der Waals surface area contributed by atoms with E-state index >= 15 is 0 Å². The molecule has 0 nitrogen and oxygen atoms in total. The van der Waals surface area contributed by atoms with Crippen LogP contribution in [-0.2, 0) is 6.42 Å². The fraction of sp³-hybridized carbons (Fsp3) is 0.200. The van der Waals surface area contributed by atoms with E-state index in [4.69, 9.17) is 0 Å². The average Bonchev–Trinajstić information content (AvgIpc) is 2.66. The molecule has 0 fully saturated rings. The Morgan fingerprint density at radius 2 is 2.13 bits per heavy atom. The van der Waals surface area contributed by atoms with E-state index in [9.17, 15) is 0 Å². The van der Waals surface area contributed by atoms with Crippen molar-refractivity contribution in [3.63, 3.8) is 0 Å². The minimum absolute atomic E-state index is 0.540. The molecule has 0 amide bonds. The second-order valence-corrected chi connectivity index (χ2v) is 4.28. The van der Waals surface area contributed by atoms with Gasteiger partial charge in [0.25, 0.3) is 0 Å². The van der Waals surface area contributed by atoms with Gasteiger partial charge < -0.3 is 0 Å². The molecule has 0 N–H and O–H groups in total. The second kappa shape index (κ2) is 3.23. The van der Waals surface area contributed by atoms with Crippen molar-refractivity contribution in [2.75, 3.05) is 0 Å². The topological polar surface area (TPSA) is 0 Å². The van der Waals surface area contributed by atoms with Gasteiger partial charge in [-0.05, 0) is 41.0 Å². The molecular weight excluding hydrogens is 180 g/mol. The molecule has 1 aromatic carbocycles. The van der Waals surface area contributed by atoms with E-state index in [2.05, 4.69) is 43.0 Å². The molecule has 15 heavy (non-hydrogen) atoms. The number of allylic oxidation sites excluding steroid dienone is 5. The predicted molar refractivity (Wildman–Crippen MR) is 64.5 cm³/mol. The minimum atomic E-state index is 0.540. The zero-order chi connectivity index (χ0) is 10.3. The quantitative estimate of drug-likeness (QED) is 0.597. The van der Waals surface area contributed by atoms with Crippen LogP contribution in [-0.4, -0.2) is 0 Å². The highest BCUT2D eigenvalue weighted by Gasteiger charge is 2.23. The van der Waals surface area contributed by atoms with Crippen molar-refractivity contribution in [3.8, 4) is 0 Å². The van der Waals surface area contributed by atoms with Gasteiger partial charge in [0.2, 0.25) is 0 Å². The summed E-state index contributed by atoms with van der Waals surface area (Å²) in [5.41, 5.74) is 5.86. The van der Waals surface area contributed by atoms with Crippen molar-refractivity contribution in [2.45, 2.75) is 12.8 Å².